The van der Waals surface area contributed by atoms with Crippen molar-refractivity contribution >= 4 is 0 Å². The van der Waals surface area contributed by atoms with Gasteiger partial charge in [-0.05, 0) is 52.1 Å². The van der Waals surface area contributed by atoms with Gasteiger partial charge in [-0.2, -0.15) is 0 Å². The number of nitrogens with zero attached hydrogens (tertiary/aromatic N) is 1. The van der Waals surface area contributed by atoms with Crippen LogP contribution in [0.4, 0.5) is 0 Å². The molecule has 4 unspecified atom stereocenters. The molecule has 0 saturated carbocycles. The first-order valence-corrected chi connectivity index (χ1v) is 7.21. The fourth-order valence-electron chi connectivity index (χ4n) is 3.45. The lowest BCUT2D eigenvalue weighted by molar-refractivity contribution is -0.0730. The Labute approximate surface area is 106 Å². The second-order valence-corrected chi connectivity index (χ2v) is 6.19. The molecule has 2 N–H and O–H groups in total. The first-order valence-electron chi connectivity index (χ1n) is 7.21. The highest BCUT2D eigenvalue weighted by Gasteiger charge is 2.43. The summed E-state index contributed by atoms with van der Waals surface area (Å²) in [6.07, 6.45) is 5.52. The molecule has 2 rings (SSSR count). The third-order valence-corrected chi connectivity index (χ3v) is 5.04. The first kappa shape index (κ1) is 13.3. The van der Waals surface area contributed by atoms with E-state index < -0.39 is 5.60 Å². The van der Waals surface area contributed by atoms with Gasteiger partial charge in [-0.25, -0.2) is 0 Å². The largest absolute Gasteiger partial charge is 0.388 e. The number of nitrogens with one attached hydrogen (secondary N) is 1. The molecule has 3 nitrogen and oxygen atoms in total. The van der Waals surface area contributed by atoms with Crippen molar-refractivity contribution in [1.29, 1.82) is 0 Å². The van der Waals surface area contributed by atoms with Gasteiger partial charge in [-0.1, -0.05) is 13.3 Å². The SMILES string of the molecule is CCC1CCNC(C2(O)CCN(C)C(C)C2)C1. The maximum absolute atomic E-state index is 10.9. The smallest absolute Gasteiger partial charge is 0.0827 e. The number of aliphatic hydroxyl groups is 1. The number of hydrogen-bond donors (Lipinski definition) is 2. The van der Waals surface area contributed by atoms with Crippen LogP contribution in [0.25, 0.3) is 0 Å². The zero-order chi connectivity index (χ0) is 12.5. The highest BCUT2D eigenvalue weighted by atomic mass is 16.3. The Morgan fingerprint density at radius 2 is 2.24 bits per heavy atom. The van der Waals surface area contributed by atoms with Gasteiger partial charge in [0.1, 0.15) is 0 Å². The third kappa shape index (κ3) is 2.83. The highest BCUT2D eigenvalue weighted by molar-refractivity contribution is 4.99. The van der Waals surface area contributed by atoms with Crippen LogP contribution in [0.3, 0.4) is 0 Å². The number of rotatable bonds is 2. The number of hydrogen-bond acceptors (Lipinski definition) is 3. The van der Waals surface area contributed by atoms with Crippen molar-refractivity contribution in [3.05, 3.63) is 0 Å². The molecule has 2 fully saturated rings. The minimum atomic E-state index is -0.472. The van der Waals surface area contributed by atoms with Gasteiger partial charge in [-0.3, -0.25) is 0 Å². The molecule has 2 saturated heterocycles. The Hall–Kier alpha value is -0.120. The lowest BCUT2D eigenvalue weighted by Gasteiger charge is -2.47. The van der Waals surface area contributed by atoms with Crippen LogP contribution < -0.4 is 5.32 Å². The molecule has 2 aliphatic rings. The second kappa shape index (κ2) is 5.25. The van der Waals surface area contributed by atoms with Crippen molar-refractivity contribution in [2.24, 2.45) is 5.92 Å². The predicted octanol–water partition coefficient (Wildman–Crippen LogP) is 1.61. The van der Waals surface area contributed by atoms with Gasteiger partial charge in [0.2, 0.25) is 0 Å². The summed E-state index contributed by atoms with van der Waals surface area (Å²) in [5, 5.41) is 14.5. The van der Waals surface area contributed by atoms with Crippen molar-refractivity contribution in [2.75, 3.05) is 20.1 Å². The zero-order valence-electron chi connectivity index (χ0n) is 11.6. The van der Waals surface area contributed by atoms with Crippen molar-refractivity contribution in [3.8, 4) is 0 Å². The van der Waals surface area contributed by atoms with Crippen LogP contribution in [-0.4, -0.2) is 47.8 Å². The molecule has 100 valence electrons. The van der Waals surface area contributed by atoms with Crippen LogP contribution in [0.2, 0.25) is 0 Å². The summed E-state index contributed by atoms with van der Waals surface area (Å²) in [7, 11) is 2.16. The van der Waals surface area contributed by atoms with Gasteiger partial charge in [0.05, 0.1) is 5.60 Å². The Bertz CT molecular complexity index is 259. The Morgan fingerprint density at radius 3 is 2.88 bits per heavy atom. The molecule has 0 aromatic carbocycles. The van der Waals surface area contributed by atoms with E-state index in [4.69, 9.17) is 0 Å². The second-order valence-electron chi connectivity index (χ2n) is 6.19. The summed E-state index contributed by atoms with van der Waals surface area (Å²) in [5.41, 5.74) is -0.472. The lowest BCUT2D eigenvalue weighted by atomic mass is 9.75. The molecule has 0 aromatic heterocycles. The van der Waals surface area contributed by atoms with Crippen LogP contribution in [0, 0.1) is 5.92 Å². The maximum atomic E-state index is 10.9. The summed E-state index contributed by atoms with van der Waals surface area (Å²) in [4.78, 5) is 2.36. The topological polar surface area (TPSA) is 35.5 Å². The molecule has 0 aromatic rings. The first-order chi connectivity index (χ1) is 8.05. The molecule has 2 heterocycles. The van der Waals surface area contributed by atoms with E-state index in [2.05, 4.69) is 31.1 Å². The Morgan fingerprint density at radius 1 is 1.47 bits per heavy atom. The predicted molar refractivity (Wildman–Crippen MR) is 71.1 cm³/mol. The minimum absolute atomic E-state index is 0.317. The third-order valence-electron chi connectivity index (χ3n) is 5.04. The van der Waals surface area contributed by atoms with E-state index in [0.717, 1.165) is 38.3 Å². The van der Waals surface area contributed by atoms with Crippen LogP contribution in [0.15, 0.2) is 0 Å². The van der Waals surface area contributed by atoms with Crippen molar-refractivity contribution in [1.82, 2.24) is 10.2 Å². The fourth-order valence-corrected chi connectivity index (χ4v) is 3.45. The highest BCUT2D eigenvalue weighted by Crippen LogP contribution is 2.34. The quantitative estimate of drug-likeness (QED) is 0.770. The van der Waals surface area contributed by atoms with E-state index >= 15 is 0 Å². The normalized spacial score (nSPS) is 44.8. The summed E-state index contributed by atoms with van der Waals surface area (Å²) in [5.74, 6) is 0.806. The molecular formula is C14H28N2O. The minimum Gasteiger partial charge on any atom is -0.388 e. The lowest BCUT2D eigenvalue weighted by Crippen LogP contribution is -2.60. The average molecular weight is 240 g/mol. The standard InChI is InChI=1S/C14H28N2O/c1-4-12-5-7-15-13(9-12)14(17)6-8-16(3)11(2)10-14/h11-13,15,17H,4-10H2,1-3H3. The van der Waals surface area contributed by atoms with Gasteiger partial charge in [0, 0.05) is 18.6 Å². The Kier molecular flexibility index (Phi) is 4.11. The van der Waals surface area contributed by atoms with Gasteiger partial charge >= 0.3 is 0 Å². The van der Waals surface area contributed by atoms with E-state index in [1.165, 1.54) is 12.8 Å². The average Bonchev–Trinajstić information content (AvgIpc) is 2.34. The van der Waals surface area contributed by atoms with Gasteiger partial charge in [0.25, 0.3) is 0 Å². The Balaban J connectivity index is 2.00. The van der Waals surface area contributed by atoms with Crippen molar-refractivity contribution in [3.63, 3.8) is 0 Å². The van der Waals surface area contributed by atoms with Crippen LogP contribution in [0.1, 0.15) is 46.0 Å². The molecule has 0 bridgehead atoms. The van der Waals surface area contributed by atoms with Gasteiger partial charge in [-0.15, -0.1) is 0 Å². The zero-order valence-corrected chi connectivity index (χ0v) is 11.6. The van der Waals surface area contributed by atoms with Crippen molar-refractivity contribution < 1.29 is 5.11 Å². The molecule has 17 heavy (non-hydrogen) atoms. The molecule has 0 aliphatic carbocycles. The molecule has 2 aliphatic heterocycles. The van der Waals surface area contributed by atoms with E-state index in [9.17, 15) is 5.11 Å². The molecule has 3 heteroatoms. The van der Waals surface area contributed by atoms with Gasteiger partial charge in [0.15, 0.2) is 0 Å². The molecule has 0 spiro atoms. The van der Waals surface area contributed by atoms with E-state index in [1.54, 1.807) is 0 Å². The molecular weight excluding hydrogens is 212 g/mol. The van der Waals surface area contributed by atoms with Crippen LogP contribution in [-0.2, 0) is 0 Å². The van der Waals surface area contributed by atoms with Crippen LogP contribution >= 0.6 is 0 Å². The maximum Gasteiger partial charge on any atom is 0.0827 e. The van der Waals surface area contributed by atoms with E-state index in [1.807, 2.05) is 0 Å². The van der Waals surface area contributed by atoms with E-state index in [-0.39, 0.29) is 0 Å². The molecule has 4 atom stereocenters. The monoisotopic (exact) mass is 240 g/mol. The fraction of sp³-hybridized carbons (Fsp3) is 1.00. The summed E-state index contributed by atoms with van der Waals surface area (Å²) >= 11 is 0. The van der Waals surface area contributed by atoms with Crippen LogP contribution in [0.5, 0.6) is 0 Å². The van der Waals surface area contributed by atoms with Gasteiger partial charge < -0.3 is 15.3 Å². The number of likely N-dealkylation sites (tertiary alicyclic amines) is 1. The summed E-state index contributed by atoms with van der Waals surface area (Å²) < 4.78 is 0. The summed E-state index contributed by atoms with van der Waals surface area (Å²) in [6.45, 7) is 6.60. The summed E-state index contributed by atoms with van der Waals surface area (Å²) in [6, 6.07) is 0.815. The molecule has 0 amide bonds. The van der Waals surface area contributed by atoms with Crippen molar-refractivity contribution in [2.45, 2.75) is 63.6 Å². The van der Waals surface area contributed by atoms with E-state index in [0.29, 0.717) is 12.1 Å². The number of piperidine rings is 2. The molecule has 0 radical (unpaired) electrons.